The van der Waals surface area contributed by atoms with Gasteiger partial charge in [-0.05, 0) is 55.5 Å². The topological polar surface area (TPSA) is 12.0 Å². The SMILES string of the molecule is Cc1ccsc1C(C)NC(C)c1ccc(F)cc1. The molecule has 96 valence electrons. The molecule has 0 saturated heterocycles. The Morgan fingerprint density at radius 1 is 1.06 bits per heavy atom. The fourth-order valence-electron chi connectivity index (χ4n) is 2.13. The highest BCUT2D eigenvalue weighted by atomic mass is 32.1. The third-order valence-electron chi connectivity index (χ3n) is 3.16. The van der Waals surface area contributed by atoms with Gasteiger partial charge in [0, 0.05) is 17.0 Å². The average molecular weight is 263 g/mol. The monoisotopic (exact) mass is 263 g/mol. The summed E-state index contributed by atoms with van der Waals surface area (Å²) in [6, 6.07) is 9.35. The minimum absolute atomic E-state index is 0.187. The molecule has 1 N–H and O–H groups in total. The second-order valence-corrected chi connectivity index (χ2v) is 5.58. The highest BCUT2D eigenvalue weighted by Gasteiger charge is 2.13. The zero-order chi connectivity index (χ0) is 13.1. The maximum absolute atomic E-state index is 12.9. The Labute approximate surface area is 112 Å². The lowest BCUT2D eigenvalue weighted by atomic mass is 10.1. The normalized spacial score (nSPS) is 14.4. The van der Waals surface area contributed by atoms with E-state index in [2.05, 4.69) is 37.5 Å². The first-order valence-corrected chi connectivity index (χ1v) is 7.01. The van der Waals surface area contributed by atoms with Crippen LogP contribution in [0.3, 0.4) is 0 Å². The summed E-state index contributed by atoms with van der Waals surface area (Å²) in [4.78, 5) is 1.36. The molecule has 2 aromatic rings. The molecule has 0 aliphatic rings. The molecule has 2 unspecified atom stereocenters. The molecule has 1 aromatic heterocycles. The number of thiophene rings is 1. The standard InChI is InChI=1S/C15H18FNS/c1-10-8-9-18-15(10)12(3)17-11(2)13-4-6-14(16)7-5-13/h4-9,11-12,17H,1-3H3. The number of benzene rings is 1. The molecular formula is C15H18FNS. The van der Waals surface area contributed by atoms with Crippen LogP contribution in [0.2, 0.25) is 0 Å². The van der Waals surface area contributed by atoms with Gasteiger partial charge in [-0.25, -0.2) is 4.39 Å². The van der Waals surface area contributed by atoms with E-state index >= 15 is 0 Å². The summed E-state index contributed by atoms with van der Waals surface area (Å²) >= 11 is 1.77. The summed E-state index contributed by atoms with van der Waals surface area (Å²) in [5.41, 5.74) is 2.43. The molecule has 3 heteroatoms. The Bertz CT molecular complexity index is 503. The summed E-state index contributed by atoms with van der Waals surface area (Å²) in [6.07, 6.45) is 0. The first-order valence-electron chi connectivity index (χ1n) is 6.13. The van der Waals surface area contributed by atoms with Crippen molar-refractivity contribution in [1.82, 2.24) is 5.32 Å². The summed E-state index contributed by atoms with van der Waals surface area (Å²) in [6.45, 7) is 6.40. The third kappa shape index (κ3) is 2.98. The van der Waals surface area contributed by atoms with Crippen molar-refractivity contribution in [1.29, 1.82) is 0 Å². The first-order chi connectivity index (χ1) is 8.58. The molecule has 0 aliphatic heterocycles. The predicted molar refractivity (Wildman–Crippen MR) is 75.4 cm³/mol. The molecule has 0 amide bonds. The second kappa shape index (κ2) is 5.63. The minimum atomic E-state index is -0.187. The molecule has 2 atom stereocenters. The van der Waals surface area contributed by atoms with Gasteiger partial charge in [0.25, 0.3) is 0 Å². The summed E-state index contributed by atoms with van der Waals surface area (Å²) in [5.74, 6) is -0.187. The van der Waals surface area contributed by atoms with Crippen molar-refractivity contribution in [3.05, 3.63) is 57.5 Å². The molecule has 1 aromatic carbocycles. The maximum Gasteiger partial charge on any atom is 0.123 e. The summed E-state index contributed by atoms with van der Waals surface area (Å²) in [5, 5.41) is 5.66. The summed E-state index contributed by atoms with van der Waals surface area (Å²) in [7, 11) is 0. The Hall–Kier alpha value is -1.19. The molecule has 0 radical (unpaired) electrons. The third-order valence-corrected chi connectivity index (χ3v) is 4.37. The van der Waals surface area contributed by atoms with Crippen LogP contribution in [0, 0.1) is 12.7 Å². The van der Waals surface area contributed by atoms with E-state index in [0.717, 1.165) is 5.56 Å². The molecule has 2 rings (SSSR count). The zero-order valence-electron chi connectivity index (χ0n) is 10.9. The van der Waals surface area contributed by atoms with Gasteiger partial charge in [0.15, 0.2) is 0 Å². The fourth-order valence-corrected chi connectivity index (χ4v) is 3.07. The molecule has 1 heterocycles. The van der Waals surface area contributed by atoms with Crippen LogP contribution in [0.25, 0.3) is 0 Å². The van der Waals surface area contributed by atoms with E-state index in [1.807, 2.05) is 12.1 Å². The van der Waals surface area contributed by atoms with Crippen LogP contribution >= 0.6 is 11.3 Å². The number of rotatable bonds is 4. The van der Waals surface area contributed by atoms with Gasteiger partial charge in [0.05, 0.1) is 0 Å². The highest BCUT2D eigenvalue weighted by Crippen LogP contribution is 2.26. The largest absolute Gasteiger partial charge is 0.303 e. The van der Waals surface area contributed by atoms with Crippen LogP contribution in [-0.4, -0.2) is 0 Å². The van der Waals surface area contributed by atoms with Gasteiger partial charge in [-0.3, -0.25) is 0 Å². The van der Waals surface area contributed by atoms with Gasteiger partial charge >= 0.3 is 0 Å². The Morgan fingerprint density at radius 2 is 1.72 bits per heavy atom. The highest BCUT2D eigenvalue weighted by molar-refractivity contribution is 7.10. The second-order valence-electron chi connectivity index (χ2n) is 4.63. The Balaban J connectivity index is 2.05. The van der Waals surface area contributed by atoms with Gasteiger partial charge < -0.3 is 5.32 Å². The molecule has 18 heavy (non-hydrogen) atoms. The van der Waals surface area contributed by atoms with Crippen LogP contribution in [0.4, 0.5) is 4.39 Å². The van der Waals surface area contributed by atoms with Crippen molar-refractivity contribution in [3.8, 4) is 0 Å². The molecule has 0 aliphatic carbocycles. The predicted octanol–water partition coefficient (Wildman–Crippen LogP) is 4.61. The van der Waals surface area contributed by atoms with Crippen molar-refractivity contribution < 1.29 is 4.39 Å². The van der Waals surface area contributed by atoms with Gasteiger partial charge in [0.2, 0.25) is 0 Å². The number of hydrogen-bond acceptors (Lipinski definition) is 2. The Kier molecular flexibility index (Phi) is 4.15. The van der Waals surface area contributed by atoms with Gasteiger partial charge in [0.1, 0.15) is 5.82 Å². The number of hydrogen-bond donors (Lipinski definition) is 1. The molecule has 1 nitrogen and oxygen atoms in total. The first kappa shape index (κ1) is 13.2. The quantitative estimate of drug-likeness (QED) is 0.849. The van der Waals surface area contributed by atoms with Crippen LogP contribution in [0.1, 0.15) is 41.9 Å². The molecule has 0 spiro atoms. The van der Waals surface area contributed by atoms with E-state index in [-0.39, 0.29) is 11.9 Å². The van der Waals surface area contributed by atoms with Crippen molar-refractivity contribution >= 4 is 11.3 Å². The molecular weight excluding hydrogens is 245 g/mol. The van der Waals surface area contributed by atoms with Crippen LogP contribution in [-0.2, 0) is 0 Å². The van der Waals surface area contributed by atoms with Crippen molar-refractivity contribution in [2.75, 3.05) is 0 Å². The fraction of sp³-hybridized carbons (Fsp3) is 0.333. The van der Waals surface area contributed by atoms with E-state index in [4.69, 9.17) is 0 Å². The van der Waals surface area contributed by atoms with Crippen LogP contribution in [0.5, 0.6) is 0 Å². The molecule has 0 saturated carbocycles. The smallest absolute Gasteiger partial charge is 0.123 e. The van der Waals surface area contributed by atoms with E-state index < -0.39 is 0 Å². The average Bonchev–Trinajstić information content (AvgIpc) is 2.76. The number of nitrogens with one attached hydrogen (secondary N) is 1. The van der Waals surface area contributed by atoms with E-state index in [9.17, 15) is 4.39 Å². The summed E-state index contributed by atoms with van der Waals surface area (Å²) < 4.78 is 12.9. The minimum Gasteiger partial charge on any atom is -0.303 e. The molecule has 0 fully saturated rings. The van der Waals surface area contributed by atoms with Gasteiger partial charge in [-0.1, -0.05) is 12.1 Å². The maximum atomic E-state index is 12.9. The van der Waals surface area contributed by atoms with E-state index in [0.29, 0.717) is 6.04 Å². The number of halogens is 1. The van der Waals surface area contributed by atoms with Gasteiger partial charge in [-0.2, -0.15) is 0 Å². The lowest BCUT2D eigenvalue weighted by Crippen LogP contribution is -2.22. The lowest BCUT2D eigenvalue weighted by Gasteiger charge is -2.20. The molecule has 0 bridgehead atoms. The van der Waals surface area contributed by atoms with E-state index in [1.165, 1.54) is 22.6 Å². The van der Waals surface area contributed by atoms with Crippen molar-refractivity contribution in [3.63, 3.8) is 0 Å². The van der Waals surface area contributed by atoms with Gasteiger partial charge in [-0.15, -0.1) is 11.3 Å². The lowest BCUT2D eigenvalue weighted by molar-refractivity contribution is 0.498. The van der Waals surface area contributed by atoms with Crippen LogP contribution < -0.4 is 5.32 Å². The van der Waals surface area contributed by atoms with E-state index in [1.54, 1.807) is 11.3 Å². The Morgan fingerprint density at radius 3 is 2.28 bits per heavy atom. The van der Waals surface area contributed by atoms with Crippen molar-refractivity contribution in [2.24, 2.45) is 0 Å². The van der Waals surface area contributed by atoms with Crippen molar-refractivity contribution in [2.45, 2.75) is 32.9 Å². The number of aryl methyl sites for hydroxylation is 1. The zero-order valence-corrected chi connectivity index (χ0v) is 11.7. The van der Waals surface area contributed by atoms with Crippen LogP contribution in [0.15, 0.2) is 35.7 Å².